The minimum Gasteiger partial charge on any atom is -0.387 e. The molecule has 1 saturated heterocycles. The van der Waals surface area contributed by atoms with Gasteiger partial charge in [0.05, 0.1) is 12.7 Å². The lowest BCUT2D eigenvalue weighted by Crippen LogP contribution is -2.50. The molecule has 0 radical (unpaired) electrons. The Bertz CT molecular complexity index is 374. The summed E-state index contributed by atoms with van der Waals surface area (Å²) in [5, 5.41) is 14.2. The fourth-order valence-electron chi connectivity index (χ4n) is 2.22. The molecule has 2 rings (SSSR count). The molecule has 1 aromatic rings. The zero-order valence-corrected chi connectivity index (χ0v) is 11.4. The molecule has 1 aliphatic rings. The number of ether oxygens (including phenoxy) is 1. The Kier molecular flexibility index (Phi) is 4.62. The summed E-state index contributed by atoms with van der Waals surface area (Å²) in [6, 6.07) is 7.31. The maximum atomic E-state index is 10.1. The van der Waals surface area contributed by atoms with Crippen LogP contribution in [-0.2, 0) is 4.74 Å². The van der Waals surface area contributed by atoms with Crippen molar-refractivity contribution in [2.75, 3.05) is 19.8 Å². The second kappa shape index (κ2) is 6.02. The van der Waals surface area contributed by atoms with Gasteiger partial charge in [-0.15, -0.1) is 0 Å². The topological polar surface area (TPSA) is 41.5 Å². The van der Waals surface area contributed by atoms with E-state index in [1.54, 1.807) is 12.1 Å². The molecule has 1 heterocycles. The van der Waals surface area contributed by atoms with Crippen LogP contribution in [0.5, 0.6) is 0 Å². The Morgan fingerprint density at radius 3 is 2.78 bits per heavy atom. The highest BCUT2D eigenvalue weighted by atomic mass is 35.5. The molecule has 3 nitrogen and oxygen atoms in total. The minimum absolute atomic E-state index is 0.0222. The van der Waals surface area contributed by atoms with Crippen molar-refractivity contribution in [3.05, 3.63) is 34.9 Å². The van der Waals surface area contributed by atoms with E-state index in [2.05, 4.69) is 12.2 Å². The van der Waals surface area contributed by atoms with E-state index in [0.29, 0.717) is 18.2 Å². The molecule has 18 heavy (non-hydrogen) atoms. The van der Waals surface area contributed by atoms with Gasteiger partial charge in [0.1, 0.15) is 0 Å². The van der Waals surface area contributed by atoms with Crippen LogP contribution in [0.4, 0.5) is 0 Å². The largest absolute Gasteiger partial charge is 0.387 e. The third-order valence-electron chi connectivity index (χ3n) is 3.41. The number of hydrogen-bond acceptors (Lipinski definition) is 3. The molecule has 0 bridgehead atoms. The average Bonchev–Trinajstić information content (AvgIpc) is 2.38. The maximum absolute atomic E-state index is 10.1. The molecular weight excluding hydrogens is 250 g/mol. The number of aliphatic hydroxyl groups is 1. The van der Waals surface area contributed by atoms with E-state index in [1.165, 1.54) is 0 Å². The van der Waals surface area contributed by atoms with Gasteiger partial charge in [-0.2, -0.15) is 0 Å². The maximum Gasteiger partial charge on any atom is 0.0914 e. The van der Waals surface area contributed by atoms with Crippen molar-refractivity contribution in [2.24, 2.45) is 0 Å². The van der Waals surface area contributed by atoms with Gasteiger partial charge in [-0.05, 0) is 37.5 Å². The smallest absolute Gasteiger partial charge is 0.0914 e. The van der Waals surface area contributed by atoms with Gasteiger partial charge < -0.3 is 15.2 Å². The zero-order chi connectivity index (χ0) is 13.0. The Labute approximate surface area is 113 Å². The normalized spacial score (nSPS) is 25.9. The molecule has 4 heteroatoms. The first-order valence-corrected chi connectivity index (χ1v) is 6.73. The number of aliphatic hydroxyl groups excluding tert-OH is 1. The molecule has 0 aliphatic carbocycles. The number of halogens is 1. The molecule has 0 aromatic heterocycles. The van der Waals surface area contributed by atoms with Crippen molar-refractivity contribution in [3.8, 4) is 0 Å². The molecule has 0 spiro atoms. The van der Waals surface area contributed by atoms with E-state index in [1.807, 2.05) is 12.1 Å². The number of hydrogen-bond donors (Lipinski definition) is 2. The van der Waals surface area contributed by atoms with Crippen LogP contribution in [0.25, 0.3) is 0 Å². The number of rotatable bonds is 4. The minimum atomic E-state index is -0.513. The predicted octanol–water partition coefficient (Wildman–Crippen LogP) is 2.53. The fraction of sp³-hybridized carbons (Fsp3) is 0.571. The summed E-state index contributed by atoms with van der Waals surface area (Å²) in [5.41, 5.74) is 0.860. The van der Waals surface area contributed by atoms with Gasteiger partial charge in [-0.3, -0.25) is 0 Å². The van der Waals surface area contributed by atoms with E-state index in [0.717, 1.165) is 25.0 Å². The molecule has 1 aliphatic heterocycles. The van der Waals surface area contributed by atoms with Crippen molar-refractivity contribution in [1.29, 1.82) is 0 Å². The van der Waals surface area contributed by atoms with Crippen LogP contribution in [0, 0.1) is 0 Å². The van der Waals surface area contributed by atoms with E-state index >= 15 is 0 Å². The molecule has 2 unspecified atom stereocenters. The van der Waals surface area contributed by atoms with Crippen molar-refractivity contribution in [3.63, 3.8) is 0 Å². The van der Waals surface area contributed by atoms with E-state index < -0.39 is 6.10 Å². The monoisotopic (exact) mass is 269 g/mol. The van der Waals surface area contributed by atoms with Gasteiger partial charge >= 0.3 is 0 Å². The van der Waals surface area contributed by atoms with E-state index in [9.17, 15) is 5.11 Å². The summed E-state index contributed by atoms with van der Waals surface area (Å²) in [5.74, 6) is 0. The fourth-order valence-corrected chi connectivity index (χ4v) is 2.35. The first-order chi connectivity index (χ1) is 8.59. The summed E-state index contributed by atoms with van der Waals surface area (Å²) in [6.07, 6.45) is 1.64. The van der Waals surface area contributed by atoms with Crippen LogP contribution in [-0.4, -0.2) is 30.4 Å². The van der Waals surface area contributed by atoms with Crippen molar-refractivity contribution in [2.45, 2.75) is 31.4 Å². The molecule has 1 fully saturated rings. The average molecular weight is 270 g/mol. The van der Waals surface area contributed by atoms with Crippen molar-refractivity contribution >= 4 is 11.6 Å². The quantitative estimate of drug-likeness (QED) is 0.883. The molecule has 2 N–H and O–H groups in total. The first-order valence-electron chi connectivity index (χ1n) is 6.35. The summed E-state index contributed by atoms with van der Waals surface area (Å²) in [6.45, 7) is 4.22. The summed E-state index contributed by atoms with van der Waals surface area (Å²) >= 11 is 5.82. The Balaban J connectivity index is 1.87. The van der Waals surface area contributed by atoms with E-state index in [4.69, 9.17) is 16.3 Å². The standard InChI is InChI=1S/C14H20ClNO2/c1-14(7-2-8-18-10-14)16-9-13(17)11-3-5-12(15)6-4-11/h3-6,13,16-17H,2,7-10H2,1H3. The SMILES string of the molecule is CC1(NCC(O)c2ccc(Cl)cc2)CCCOC1. The lowest BCUT2D eigenvalue weighted by molar-refractivity contribution is 0.0221. The molecule has 2 atom stereocenters. The summed E-state index contributed by atoms with van der Waals surface area (Å²) < 4.78 is 5.48. The van der Waals surface area contributed by atoms with Crippen LogP contribution >= 0.6 is 11.6 Å². The molecule has 1 aromatic carbocycles. The van der Waals surface area contributed by atoms with Crippen LogP contribution < -0.4 is 5.32 Å². The van der Waals surface area contributed by atoms with Gasteiger partial charge in [0, 0.05) is 23.7 Å². The van der Waals surface area contributed by atoms with Gasteiger partial charge in [0.25, 0.3) is 0 Å². The van der Waals surface area contributed by atoms with Crippen LogP contribution in [0.3, 0.4) is 0 Å². The van der Waals surface area contributed by atoms with Crippen LogP contribution in [0.1, 0.15) is 31.4 Å². The molecule has 0 amide bonds. The first kappa shape index (κ1) is 13.8. The van der Waals surface area contributed by atoms with Crippen LogP contribution in [0.15, 0.2) is 24.3 Å². The summed E-state index contributed by atoms with van der Waals surface area (Å²) in [4.78, 5) is 0. The lowest BCUT2D eigenvalue weighted by atomic mass is 9.94. The number of nitrogens with one attached hydrogen (secondary N) is 1. The molecule has 100 valence electrons. The van der Waals surface area contributed by atoms with Gasteiger partial charge in [0.2, 0.25) is 0 Å². The highest BCUT2D eigenvalue weighted by Crippen LogP contribution is 2.20. The molecular formula is C14H20ClNO2. The third kappa shape index (κ3) is 3.69. The highest BCUT2D eigenvalue weighted by Gasteiger charge is 2.27. The molecule has 0 saturated carbocycles. The zero-order valence-electron chi connectivity index (χ0n) is 10.7. The van der Waals surface area contributed by atoms with Crippen LogP contribution in [0.2, 0.25) is 5.02 Å². The summed E-state index contributed by atoms with van der Waals surface area (Å²) in [7, 11) is 0. The van der Waals surface area contributed by atoms with E-state index in [-0.39, 0.29) is 5.54 Å². The Morgan fingerprint density at radius 2 is 2.17 bits per heavy atom. The second-order valence-corrected chi connectivity index (χ2v) is 5.60. The van der Waals surface area contributed by atoms with Crippen molar-refractivity contribution < 1.29 is 9.84 Å². The third-order valence-corrected chi connectivity index (χ3v) is 3.67. The van der Waals surface area contributed by atoms with Crippen molar-refractivity contribution in [1.82, 2.24) is 5.32 Å². The predicted molar refractivity (Wildman–Crippen MR) is 72.9 cm³/mol. The van der Waals surface area contributed by atoms with Gasteiger partial charge in [-0.25, -0.2) is 0 Å². The van der Waals surface area contributed by atoms with Gasteiger partial charge in [0.15, 0.2) is 0 Å². The highest BCUT2D eigenvalue weighted by molar-refractivity contribution is 6.30. The lowest BCUT2D eigenvalue weighted by Gasteiger charge is -2.35. The number of benzene rings is 1. The Morgan fingerprint density at radius 1 is 1.44 bits per heavy atom. The second-order valence-electron chi connectivity index (χ2n) is 5.17. The van der Waals surface area contributed by atoms with Gasteiger partial charge in [-0.1, -0.05) is 23.7 Å². The number of β-amino-alcohol motifs (C(OH)–C–C–N with tert-alkyl or cyclic N) is 1. The Hall–Kier alpha value is -0.610.